The highest BCUT2D eigenvalue weighted by molar-refractivity contribution is 7.17. The van der Waals surface area contributed by atoms with E-state index in [-0.39, 0.29) is 27.9 Å². The number of nitrogens with zero attached hydrogens (tertiary/aromatic N) is 2. The fourth-order valence-electron chi connectivity index (χ4n) is 4.58. The molecule has 4 aromatic rings. The largest absolute Gasteiger partial charge is 0.503 e. The highest BCUT2D eigenvalue weighted by Gasteiger charge is 2.47. The van der Waals surface area contributed by atoms with E-state index in [1.807, 2.05) is 6.92 Å². The van der Waals surface area contributed by atoms with Crippen LogP contribution in [0.15, 0.2) is 76.9 Å². The van der Waals surface area contributed by atoms with Crippen LogP contribution in [-0.2, 0) is 9.53 Å². The monoisotopic (exact) mass is 574 g/mol. The number of benzene rings is 2. The van der Waals surface area contributed by atoms with Gasteiger partial charge >= 0.3 is 5.97 Å². The number of hydrogen-bond donors (Lipinski definition) is 1. The lowest BCUT2D eigenvalue weighted by atomic mass is 9.95. The summed E-state index contributed by atoms with van der Waals surface area (Å²) in [6.45, 7) is 7.37. The van der Waals surface area contributed by atoms with Crippen LogP contribution in [0.5, 0.6) is 11.5 Å². The summed E-state index contributed by atoms with van der Waals surface area (Å²) in [4.78, 5) is 45.9. The van der Waals surface area contributed by atoms with Crippen LogP contribution >= 0.6 is 11.3 Å². The number of carbonyl (C=O) groups is 3. The lowest BCUT2D eigenvalue weighted by Crippen LogP contribution is -2.31. The minimum absolute atomic E-state index is 0.00124. The van der Waals surface area contributed by atoms with Gasteiger partial charge in [-0.1, -0.05) is 48.3 Å². The van der Waals surface area contributed by atoms with Crippen molar-refractivity contribution in [3.8, 4) is 11.5 Å². The van der Waals surface area contributed by atoms with Gasteiger partial charge in [-0.15, -0.1) is 0 Å². The molecule has 0 radical (unpaired) electrons. The van der Waals surface area contributed by atoms with Crippen molar-refractivity contribution in [2.24, 2.45) is 0 Å². The van der Waals surface area contributed by atoms with Gasteiger partial charge in [-0.2, -0.15) is 0 Å². The van der Waals surface area contributed by atoms with E-state index < -0.39 is 29.5 Å². The van der Waals surface area contributed by atoms with Gasteiger partial charge in [0.15, 0.2) is 28.1 Å². The van der Waals surface area contributed by atoms with E-state index in [4.69, 9.17) is 18.6 Å². The normalized spacial score (nSPS) is 15.0. The van der Waals surface area contributed by atoms with Gasteiger partial charge < -0.3 is 23.7 Å². The number of aromatic nitrogens is 1. The molecule has 1 unspecified atom stereocenters. The number of furan rings is 1. The Morgan fingerprint density at radius 1 is 1.20 bits per heavy atom. The van der Waals surface area contributed by atoms with Crippen molar-refractivity contribution in [3.63, 3.8) is 0 Å². The van der Waals surface area contributed by atoms with Gasteiger partial charge in [0, 0.05) is 5.39 Å². The molecule has 3 heterocycles. The average Bonchev–Trinajstić information content (AvgIpc) is 3.65. The molecule has 41 heavy (non-hydrogen) atoms. The number of hydrogen-bond acceptors (Lipinski definition) is 10. The number of aliphatic hydroxyl groups is 1. The average molecular weight is 575 g/mol. The number of ether oxygens (including phenoxy) is 3. The second kappa shape index (κ2) is 11.3. The second-order valence-electron chi connectivity index (χ2n) is 8.96. The van der Waals surface area contributed by atoms with Crippen molar-refractivity contribution < 1.29 is 38.1 Å². The topological polar surface area (TPSA) is 128 Å². The van der Waals surface area contributed by atoms with Crippen molar-refractivity contribution in [1.29, 1.82) is 0 Å². The summed E-state index contributed by atoms with van der Waals surface area (Å²) in [7, 11) is 1.47. The lowest BCUT2D eigenvalue weighted by Gasteiger charge is -2.25. The molecule has 2 aromatic heterocycles. The van der Waals surface area contributed by atoms with Crippen LogP contribution in [0.2, 0.25) is 0 Å². The number of anilines is 1. The van der Waals surface area contributed by atoms with Crippen LogP contribution in [0.4, 0.5) is 5.13 Å². The van der Waals surface area contributed by atoms with Gasteiger partial charge in [-0.05, 0) is 43.7 Å². The Hall–Kier alpha value is -4.90. The molecule has 0 saturated carbocycles. The first-order chi connectivity index (χ1) is 19.8. The SMILES string of the molecule is C=CCOC(=O)c1sc(N2C(=O)C(O)=C(C(=O)c3cc4ccccc4o3)C2c2ccc(OCC)c(OC)c2)nc1C. The Morgan fingerprint density at radius 3 is 2.68 bits per heavy atom. The number of carbonyl (C=O) groups excluding carboxylic acids is 3. The molecular formula is C30H26N2O8S. The molecule has 1 N–H and O–H groups in total. The molecule has 1 aliphatic heterocycles. The van der Waals surface area contributed by atoms with Gasteiger partial charge in [0.2, 0.25) is 5.78 Å². The number of Topliss-reactive ketones (excluding diaryl/α,β-unsaturated/α-hetero) is 1. The zero-order valence-electron chi connectivity index (χ0n) is 22.5. The van der Waals surface area contributed by atoms with E-state index in [2.05, 4.69) is 11.6 Å². The van der Waals surface area contributed by atoms with Crippen LogP contribution in [-0.4, -0.2) is 48.1 Å². The molecule has 5 rings (SSSR count). The molecule has 0 saturated heterocycles. The van der Waals surface area contributed by atoms with Crippen LogP contribution < -0.4 is 14.4 Å². The molecule has 0 fully saturated rings. The number of para-hydroxylation sites is 1. The summed E-state index contributed by atoms with van der Waals surface area (Å²) in [6, 6.07) is 12.5. The number of methoxy groups -OCH3 is 1. The maximum Gasteiger partial charge on any atom is 0.350 e. The second-order valence-corrected chi connectivity index (χ2v) is 9.94. The lowest BCUT2D eigenvalue weighted by molar-refractivity contribution is -0.117. The number of esters is 1. The molecule has 0 aliphatic carbocycles. The molecule has 210 valence electrons. The summed E-state index contributed by atoms with van der Waals surface area (Å²) in [6.07, 6.45) is 1.44. The summed E-state index contributed by atoms with van der Waals surface area (Å²) in [5.41, 5.74) is 1.04. The molecule has 11 heteroatoms. The zero-order chi connectivity index (χ0) is 29.3. The fourth-order valence-corrected chi connectivity index (χ4v) is 5.57. The van der Waals surface area contributed by atoms with Crippen molar-refractivity contribution in [1.82, 2.24) is 4.98 Å². The fraction of sp³-hybridized carbons (Fsp3) is 0.200. The third-order valence-corrected chi connectivity index (χ3v) is 7.55. The Labute approximate surface area is 239 Å². The van der Waals surface area contributed by atoms with E-state index in [9.17, 15) is 19.5 Å². The number of ketones is 1. The molecule has 1 aliphatic rings. The van der Waals surface area contributed by atoms with Gasteiger partial charge in [0.25, 0.3) is 5.91 Å². The highest BCUT2D eigenvalue weighted by Crippen LogP contribution is 2.45. The standard InChI is InChI=1S/C30H26N2O8S/c1-5-13-39-29(36)27-16(3)31-30(41-27)32-24(18-11-12-20(38-6-2)21(15-18)37-4)23(26(34)28(32)35)25(33)22-14-17-9-7-8-10-19(17)40-22/h5,7-12,14-15,24,34H,1,6,13H2,2-4H3. The predicted molar refractivity (Wildman–Crippen MR) is 152 cm³/mol. The predicted octanol–water partition coefficient (Wildman–Crippen LogP) is 5.73. The quantitative estimate of drug-likeness (QED) is 0.143. The van der Waals surface area contributed by atoms with Gasteiger partial charge in [-0.25, -0.2) is 9.78 Å². The number of aliphatic hydroxyl groups excluding tert-OH is 1. The third-order valence-electron chi connectivity index (χ3n) is 6.41. The first-order valence-corrected chi connectivity index (χ1v) is 13.5. The zero-order valence-corrected chi connectivity index (χ0v) is 23.3. The van der Waals surface area contributed by atoms with Crippen molar-refractivity contribution >= 4 is 45.1 Å². The summed E-state index contributed by atoms with van der Waals surface area (Å²) >= 11 is 0.911. The molecular weight excluding hydrogens is 548 g/mol. The number of rotatable bonds is 10. The van der Waals surface area contributed by atoms with Crippen LogP contribution in [0.1, 0.15) is 44.4 Å². The molecule has 0 spiro atoms. The summed E-state index contributed by atoms with van der Waals surface area (Å²) in [5, 5.41) is 11.9. The van der Waals surface area contributed by atoms with E-state index in [1.54, 1.807) is 55.5 Å². The van der Waals surface area contributed by atoms with Crippen molar-refractivity contribution in [2.45, 2.75) is 19.9 Å². The number of fused-ring (bicyclic) bond motifs is 1. The minimum atomic E-state index is -1.13. The third kappa shape index (κ3) is 4.95. The Kier molecular flexibility index (Phi) is 7.62. The molecule has 10 nitrogen and oxygen atoms in total. The van der Waals surface area contributed by atoms with Gasteiger partial charge in [-0.3, -0.25) is 14.5 Å². The molecule has 0 bridgehead atoms. The van der Waals surface area contributed by atoms with Crippen LogP contribution in [0, 0.1) is 6.92 Å². The van der Waals surface area contributed by atoms with Crippen molar-refractivity contribution in [2.75, 3.05) is 25.2 Å². The Morgan fingerprint density at radius 2 is 1.98 bits per heavy atom. The smallest absolute Gasteiger partial charge is 0.350 e. The van der Waals surface area contributed by atoms with E-state index >= 15 is 0 Å². The summed E-state index contributed by atoms with van der Waals surface area (Å²) < 4.78 is 22.1. The van der Waals surface area contributed by atoms with E-state index in [1.165, 1.54) is 18.1 Å². The minimum Gasteiger partial charge on any atom is -0.503 e. The molecule has 1 amide bonds. The highest BCUT2D eigenvalue weighted by atomic mass is 32.1. The van der Waals surface area contributed by atoms with E-state index in [0.29, 0.717) is 40.3 Å². The maximum absolute atomic E-state index is 13.9. The first-order valence-electron chi connectivity index (χ1n) is 12.6. The number of aryl methyl sites for hydroxylation is 1. The van der Waals surface area contributed by atoms with Crippen LogP contribution in [0.25, 0.3) is 11.0 Å². The first kappa shape index (κ1) is 27.7. The maximum atomic E-state index is 13.9. The van der Waals surface area contributed by atoms with Gasteiger partial charge in [0.05, 0.1) is 31.0 Å². The van der Waals surface area contributed by atoms with Gasteiger partial charge in [0.1, 0.15) is 17.1 Å². The summed E-state index contributed by atoms with van der Waals surface area (Å²) in [5.74, 6) is -2.14. The molecule has 2 aromatic carbocycles. The van der Waals surface area contributed by atoms with Crippen molar-refractivity contribution in [3.05, 3.63) is 94.4 Å². The Balaban J connectivity index is 1.65. The Bertz CT molecular complexity index is 1680. The number of thiazole rings is 1. The van der Waals surface area contributed by atoms with Crippen LogP contribution in [0.3, 0.4) is 0 Å². The number of amides is 1. The van der Waals surface area contributed by atoms with E-state index in [0.717, 1.165) is 11.3 Å². The molecule has 1 atom stereocenters.